The summed E-state index contributed by atoms with van der Waals surface area (Å²) in [5.74, 6) is -0.492. The number of aryl methyl sites for hydroxylation is 1. The van der Waals surface area contributed by atoms with Gasteiger partial charge in [0.25, 0.3) is 5.56 Å². The van der Waals surface area contributed by atoms with Gasteiger partial charge in [-0.25, -0.2) is 4.79 Å². The molecule has 0 radical (unpaired) electrons. The average molecular weight is 290 g/mol. The van der Waals surface area contributed by atoms with Crippen LogP contribution in [0.15, 0.2) is 10.9 Å². The molecule has 5 nitrogen and oxygen atoms in total. The van der Waals surface area contributed by atoms with Crippen LogP contribution in [0.5, 0.6) is 0 Å². The molecule has 114 valence electrons. The van der Waals surface area contributed by atoms with Crippen molar-refractivity contribution >= 4 is 5.97 Å². The summed E-state index contributed by atoms with van der Waals surface area (Å²) in [6.07, 6.45) is 6.70. The summed E-state index contributed by atoms with van der Waals surface area (Å²) in [6, 6.07) is 3.05. The quantitative estimate of drug-likeness (QED) is 0.589. The Balaban J connectivity index is 2.46. The fourth-order valence-corrected chi connectivity index (χ4v) is 2.04. The lowest BCUT2D eigenvalue weighted by atomic mass is 10.1. The van der Waals surface area contributed by atoms with Gasteiger partial charge in [-0.15, -0.1) is 0 Å². The largest absolute Gasteiger partial charge is 0.462 e. The Morgan fingerprint density at radius 2 is 1.95 bits per heavy atom. The topological polar surface area (TPSA) is 82.9 Å². The Labute approximate surface area is 124 Å². The third kappa shape index (κ3) is 5.42. The monoisotopic (exact) mass is 290 g/mol. The minimum atomic E-state index is -0.492. The van der Waals surface area contributed by atoms with Crippen molar-refractivity contribution in [2.75, 3.05) is 6.61 Å². The van der Waals surface area contributed by atoms with Crippen molar-refractivity contribution in [2.45, 2.75) is 52.4 Å². The van der Waals surface area contributed by atoms with E-state index in [9.17, 15) is 9.59 Å². The number of nitriles is 1. The van der Waals surface area contributed by atoms with Gasteiger partial charge in [0.2, 0.25) is 0 Å². The van der Waals surface area contributed by atoms with Crippen LogP contribution in [0.1, 0.15) is 67.1 Å². The first-order valence-electron chi connectivity index (χ1n) is 7.41. The summed E-state index contributed by atoms with van der Waals surface area (Å²) < 4.78 is 5.18. The van der Waals surface area contributed by atoms with E-state index in [0.717, 1.165) is 19.3 Å². The van der Waals surface area contributed by atoms with Crippen LogP contribution in [0.25, 0.3) is 0 Å². The lowest BCUT2D eigenvalue weighted by Gasteiger charge is -2.07. The molecule has 0 fully saturated rings. The van der Waals surface area contributed by atoms with Crippen LogP contribution in [0.2, 0.25) is 0 Å². The standard InChI is InChI=1S/C16H22N2O3/c1-3-4-5-6-7-8-9-21-16(20)14-10-13(11-17)15(19)18-12(14)2/h10H,3-9H2,1-2H3,(H,18,19). The molecule has 0 unspecified atom stereocenters. The maximum Gasteiger partial charge on any atom is 0.339 e. The van der Waals surface area contributed by atoms with Gasteiger partial charge in [-0.1, -0.05) is 39.0 Å². The van der Waals surface area contributed by atoms with Gasteiger partial charge < -0.3 is 9.72 Å². The SMILES string of the molecule is CCCCCCCCOC(=O)c1cc(C#N)c(=O)[nH]c1C. The first kappa shape index (κ1) is 17.0. The highest BCUT2D eigenvalue weighted by atomic mass is 16.5. The number of ether oxygens (including phenoxy) is 1. The number of unbranched alkanes of at least 4 members (excludes halogenated alkanes) is 5. The molecule has 0 amide bonds. The van der Waals surface area contributed by atoms with Crippen molar-refractivity contribution in [2.24, 2.45) is 0 Å². The molecule has 0 aliphatic carbocycles. The van der Waals surface area contributed by atoms with Gasteiger partial charge >= 0.3 is 5.97 Å². The first-order valence-corrected chi connectivity index (χ1v) is 7.41. The van der Waals surface area contributed by atoms with E-state index < -0.39 is 11.5 Å². The Bertz CT molecular complexity index is 570. The third-order valence-electron chi connectivity index (χ3n) is 3.31. The Morgan fingerprint density at radius 1 is 1.29 bits per heavy atom. The fraction of sp³-hybridized carbons (Fsp3) is 0.562. The summed E-state index contributed by atoms with van der Waals surface area (Å²) in [6.45, 7) is 4.15. The number of nitrogens with one attached hydrogen (secondary N) is 1. The molecule has 21 heavy (non-hydrogen) atoms. The molecule has 1 heterocycles. The molecule has 0 spiro atoms. The zero-order valence-corrected chi connectivity index (χ0v) is 12.7. The van der Waals surface area contributed by atoms with E-state index in [2.05, 4.69) is 11.9 Å². The maximum atomic E-state index is 11.9. The van der Waals surface area contributed by atoms with Crippen LogP contribution in [-0.2, 0) is 4.74 Å². The summed E-state index contributed by atoms with van der Waals surface area (Å²) in [5, 5.41) is 8.81. The first-order chi connectivity index (χ1) is 10.1. The van der Waals surface area contributed by atoms with Crippen LogP contribution < -0.4 is 5.56 Å². The third-order valence-corrected chi connectivity index (χ3v) is 3.31. The summed E-state index contributed by atoms with van der Waals surface area (Å²) >= 11 is 0. The molecule has 5 heteroatoms. The van der Waals surface area contributed by atoms with E-state index in [0.29, 0.717) is 12.3 Å². The van der Waals surface area contributed by atoms with E-state index in [4.69, 9.17) is 10.00 Å². The van der Waals surface area contributed by atoms with Gasteiger partial charge in [-0.05, 0) is 19.4 Å². The van der Waals surface area contributed by atoms with Gasteiger partial charge in [0.05, 0.1) is 12.2 Å². The van der Waals surface area contributed by atoms with Crippen LogP contribution in [0, 0.1) is 18.3 Å². The number of nitrogens with zero attached hydrogens (tertiary/aromatic N) is 1. The second-order valence-electron chi connectivity index (χ2n) is 5.07. The van der Waals surface area contributed by atoms with Gasteiger partial charge in [0.15, 0.2) is 0 Å². The van der Waals surface area contributed by atoms with Crippen LogP contribution in [0.3, 0.4) is 0 Å². The normalized spacial score (nSPS) is 10.1. The predicted molar refractivity (Wildman–Crippen MR) is 80.2 cm³/mol. The number of H-pyrrole nitrogens is 1. The van der Waals surface area contributed by atoms with Gasteiger partial charge in [-0.2, -0.15) is 5.26 Å². The molecule has 0 saturated carbocycles. The predicted octanol–water partition coefficient (Wildman–Crippen LogP) is 3.07. The minimum absolute atomic E-state index is 0.0767. The zero-order valence-electron chi connectivity index (χ0n) is 12.7. The summed E-state index contributed by atoms with van der Waals surface area (Å²) in [7, 11) is 0. The number of aromatic nitrogens is 1. The smallest absolute Gasteiger partial charge is 0.339 e. The average Bonchev–Trinajstić information content (AvgIpc) is 2.46. The van der Waals surface area contributed by atoms with E-state index in [-0.39, 0.29) is 11.1 Å². The van der Waals surface area contributed by atoms with Crippen molar-refractivity contribution < 1.29 is 9.53 Å². The number of aromatic amines is 1. The lowest BCUT2D eigenvalue weighted by molar-refractivity contribution is 0.0496. The molecule has 0 aliphatic heterocycles. The van der Waals surface area contributed by atoms with Crippen molar-refractivity contribution in [3.05, 3.63) is 33.2 Å². The van der Waals surface area contributed by atoms with Crippen LogP contribution in [-0.4, -0.2) is 17.6 Å². The van der Waals surface area contributed by atoms with E-state index in [1.807, 2.05) is 0 Å². The lowest BCUT2D eigenvalue weighted by Crippen LogP contribution is -2.17. The number of pyridine rings is 1. The molecule has 0 aromatic carbocycles. The van der Waals surface area contributed by atoms with Gasteiger partial charge in [-0.3, -0.25) is 4.79 Å². The fourth-order valence-electron chi connectivity index (χ4n) is 2.04. The maximum absolute atomic E-state index is 11.9. The molecular weight excluding hydrogens is 268 g/mol. The number of rotatable bonds is 8. The highest BCUT2D eigenvalue weighted by Gasteiger charge is 2.13. The number of esters is 1. The molecule has 0 saturated heterocycles. The van der Waals surface area contributed by atoms with E-state index >= 15 is 0 Å². The van der Waals surface area contributed by atoms with Gasteiger partial charge in [0, 0.05) is 5.69 Å². The number of hydrogen-bond donors (Lipinski definition) is 1. The number of hydrogen-bond acceptors (Lipinski definition) is 4. The van der Waals surface area contributed by atoms with Crippen LogP contribution >= 0.6 is 0 Å². The molecule has 1 rings (SSSR count). The molecule has 0 bridgehead atoms. The second kappa shape index (κ2) is 8.96. The minimum Gasteiger partial charge on any atom is -0.462 e. The Hall–Kier alpha value is -2.09. The zero-order chi connectivity index (χ0) is 15.7. The van der Waals surface area contributed by atoms with Crippen LogP contribution in [0.4, 0.5) is 0 Å². The van der Waals surface area contributed by atoms with Crippen molar-refractivity contribution in [3.63, 3.8) is 0 Å². The molecule has 0 atom stereocenters. The molecule has 0 aliphatic rings. The van der Waals surface area contributed by atoms with Crippen molar-refractivity contribution in [1.82, 2.24) is 4.98 Å². The number of carbonyl (C=O) groups is 1. The summed E-state index contributed by atoms with van der Waals surface area (Å²) in [4.78, 5) is 25.8. The summed E-state index contributed by atoms with van der Waals surface area (Å²) in [5.41, 5.74) is 0.110. The van der Waals surface area contributed by atoms with Crippen molar-refractivity contribution in [1.29, 1.82) is 5.26 Å². The van der Waals surface area contributed by atoms with Gasteiger partial charge in [0.1, 0.15) is 11.6 Å². The highest BCUT2D eigenvalue weighted by Crippen LogP contribution is 2.09. The second-order valence-corrected chi connectivity index (χ2v) is 5.07. The number of carbonyl (C=O) groups excluding carboxylic acids is 1. The Kier molecular flexibility index (Phi) is 7.24. The van der Waals surface area contributed by atoms with E-state index in [1.165, 1.54) is 25.3 Å². The highest BCUT2D eigenvalue weighted by molar-refractivity contribution is 5.90. The van der Waals surface area contributed by atoms with E-state index in [1.54, 1.807) is 13.0 Å². The Morgan fingerprint density at radius 3 is 2.62 bits per heavy atom. The molecular formula is C16H22N2O3. The molecule has 1 N–H and O–H groups in total. The van der Waals surface area contributed by atoms with Crippen molar-refractivity contribution in [3.8, 4) is 6.07 Å². The molecule has 1 aromatic heterocycles. The molecule has 1 aromatic rings.